The summed E-state index contributed by atoms with van der Waals surface area (Å²) in [5.41, 5.74) is 1.05. The number of carboxylic acid groups (broad SMARTS) is 1. The van der Waals surface area contributed by atoms with E-state index in [0.29, 0.717) is 21.9 Å². The van der Waals surface area contributed by atoms with E-state index in [1.165, 1.54) is 6.07 Å². The number of ether oxygens (including phenoxy) is 1. The van der Waals surface area contributed by atoms with Gasteiger partial charge in [-0.15, -0.1) is 0 Å². The van der Waals surface area contributed by atoms with Crippen LogP contribution in [0.4, 0.5) is 4.79 Å². The Labute approximate surface area is 132 Å². The molecule has 0 saturated carbocycles. The molecule has 0 aliphatic carbocycles. The molecule has 0 aromatic heterocycles. The second kappa shape index (κ2) is 7.47. The van der Waals surface area contributed by atoms with Gasteiger partial charge in [-0.25, -0.2) is 4.79 Å². The van der Waals surface area contributed by atoms with E-state index in [0.717, 1.165) is 0 Å². The monoisotopic (exact) mass is 319 g/mol. The van der Waals surface area contributed by atoms with Crippen LogP contribution in [0, 0.1) is 0 Å². The third-order valence-corrected chi connectivity index (χ3v) is 3.16. The minimum Gasteiger partial charge on any atom is -0.490 e. The Morgan fingerprint density at radius 2 is 1.82 bits per heavy atom. The molecule has 2 aromatic carbocycles. The van der Waals surface area contributed by atoms with Crippen LogP contribution >= 0.6 is 11.6 Å². The number of hydrogen-bond donors (Lipinski definition) is 2. The normalized spacial score (nSPS) is 10.0. The molecular formula is C16H14ClNO4. The smallest absolute Gasteiger partial charge is 0.404 e. The Balaban J connectivity index is 2.03. The first-order chi connectivity index (χ1) is 10.6. The molecule has 22 heavy (non-hydrogen) atoms. The Morgan fingerprint density at radius 3 is 2.45 bits per heavy atom. The molecule has 0 heterocycles. The van der Waals surface area contributed by atoms with E-state index < -0.39 is 6.09 Å². The summed E-state index contributed by atoms with van der Waals surface area (Å²) in [5, 5.41) is 10.9. The summed E-state index contributed by atoms with van der Waals surface area (Å²) in [4.78, 5) is 22.6. The Hall–Kier alpha value is -2.53. The first-order valence-electron chi connectivity index (χ1n) is 6.57. The van der Waals surface area contributed by atoms with E-state index in [2.05, 4.69) is 5.32 Å². The standard InChI is InChI=1S/C16H14ClNO4/c17-13-10-12(15(19)11-4-2-1-3-5-11)6-7-14(13)22-9-8-18-16(20)21/h1-7,10,18H,8-9H2,(H,20,21). The van der Waals surface area contributed by atoms with Gasteiger partial charge in [0.2, 0.25) is 0 Å². The average Bonchev–Trinajstić information content (AvgIpc) is 2.52. The summed E-state index contributed by atoms with van der Waals surface area (Å²) < 4.78 is 5.36. The lowest BCUT2D eigenvalue weighted by atomic mass is 10.0. The van der Waals surface area contributed by atoms with E-state index in [9.17, 15) is 9.59 Å². The molecule has 0 atom stereocenters. The van der Waals surface area contributed by atoms with Crippen molar-refractivity contribution in [3.05, 3.63) is 64.7 Å². The molecule has 0 spiro atoms. The summed E-state index contributed by atoms with van der Waals surface area (Å²) in [7, 11) is 0. The summed E-state index contributed by atoms with van der Waals surface area (Å²) in [6, 6.07) is 13.7. The molecule has 5 nitrogen and oxygen atoms in total. The van der Waals surface area contributed by atoms with Crippen molar-refractivity contribution < 1.29 is 19.4 Å². The number of hydrogen-bond acceptors (Lipinski definition) is 3. The Bertz CT molecular complexity index is 673. The van der Waals surface area contributed by atoms with E-state index in [4.69, 9.17) is 21.4 Å². The van der Waals surface area contributed by atoms with Gasteiger partial charge in [-0.05, 0) is 18.2 Å². The number of rotatable bonds is 6. The lowest BCUT2D eigenvalue weighted by Gasteiger charge is -2.09. The number of benzene rings is 2. The highest BCUT2D eigenvalue weighted by Crippen LogP contribution is 2.26. The van der Waals surface area contributed by atoms with Crippen molar-refractivity contribution >= 4 is 23.5 Å². The molecule has 114 valence electrons. The van der Waals surface area contributed by atoms with Gasteiger partial charge in [0.25, 0.3) is 0 Å². The minimum atomic E-state index is -1.11. The Morgan fingerprint density at radius 1 is 1.09 bits per heavy atom. The van der Waals surface area contributed by atoms with Gasteiger partial charge >= 0.3 is 6.09 Å². The number of carbonyl (C=O) groups excluding carboxylic acids is 1. The van der Waals surface area contributed by atoms with E-state index in [-0.39, 0.29) is 18.9 Å². The third-order valence-electron chi connectivity index (χ3n) is 2.87. The fourth-order valence-electron chi connectivity index (χ4n) is 1.83. The van der Waals surface area contributed by atoms with Crippen molar-refractivity contribution in [1.82, 2.24) is 5.32 Å². The molecular weight excluding hydrogens is 306 g/mol. The molecule has 6 heteroatoms. The molecule has 0 unspecified atom stereocenters. The maximum Gasteiger partial charge on any atom is 0.404 e. The van der Waals surface area contributed by atoms with Crippen molar-refractivity contribution in [2.45, 2.75) is 0 Å². The molecule has 2 N–H and O–H groups in total. The second-order valence-electron chi connectivity index (χ2n) is 4.42. The fraction of sp³-hybridized carbons (Fsp3) is 0.125. The molecule has 0 radical (unpaired) electrons. The van der Waals surface area contributed by atoms with E-state index in [1.807, 2.05) is 6.07 Å². The maximum atomic E-state index is 12.3. The van der Waals surface area contributed by atoms with Crippen LogP contribution in [0.15, 0.2) is 48.5 Å². The van der Waals surface area contributed by atoms with Crippen molar-refractivity contribution in [3.8, 4) is 5.75 Å². The topological polar surface area (TPSA) is 75.6 Å². The summed E-state index contributed by atoms with van der Waals surface area (Å²) in [6.07, 6.45) is -1.11. The van der Waals surface area contributed by atoms with Crippen LogP contribution in [0.2, 0.25) is 5.02 Å². The van der Waals surface area contributed by atoms with Gasteiger partial charge in [-0.3, -0.25) is 4.79 Å². The highest BCUT2D eigenvalue weighted by Gasteiger charge is 2.11. The summed E-state index contributed by atoms with van der Waals surface area (Å²) in [5.74, 6) is 0.278. The van der Waals surface area contributed by atoms with Crippen molar-refractivity contribution in [1.29, 1.82) is 0 Å². The van der Waals surface area contributed by atoms with E-state index >= 15 is 0 Å². The average molecular weight is 320 g/mol. The van der Waals surface area contributed by atoms with Crippen LogP contribution in [0.5, 0.6) is 5.75 Å². The number of halogens is 1. The fourth-order valence-corrected chi connectivity index (χ4v) is 2.07. The predicted octanol–water partition coefficient (Wildman–Crippen LogP) is 3.22. The number of amides is 1. The second-order valence-corrected chi connectivity index (χ2v) is 4.83. The van der Waals surface area contributed by atoms with Crippen LogP contribution < -0.4 is 10.1 Å². The molecule has 0 fully saturated rings. The zero-order valence-corrected chi connectivity index (χ0v) is 12.3. The van der Waals surface area contributed by atoms with Gasteiger partial charge in [0.05, 0.1) is 11.6 Å². The SMILES string of the molecule is O=C(O)NCCOc1ccc(C(=O)c2ccccc2)cc1Cl. The van der Waals surface area contributed by atoms with Gasteiger partial charge in [0.15, 0.2) is 5.78 Å². The van der Waals surface area contributed by atoms with E-state index in [1.54, 1.807) is 36.4 Å². The van der Waals surface area contributed by atoms with Crippen molar-refractivity contribution in [2.75, 3.05) is 13.2 Å². The summed E-state index contributed by atoms with van der Waals surface area (Å²) in [6.45, 7) is 0.300. The zero-order valence-electron chi connectivity index (χ0n) is 11.6. The Kier molecular flexibility index (Phi) is 5.38. The molecule has 0 saturated heterocycles. The van der Waals surface area contributed by atoms with Gasteiger partial charge in [0, 0.05) is 11.1 Å². The maximum absolute atomic E-state index is 12.3. The van der Waals surface area contributed by atoms with Crippen molar-refractivity contribution in [2.24, 2.45) is 0 Å². The quantitative estimate of drug-likeness (QED) is 0.633. The van der Waals surface area contributed by atoms with Crippen LogP contribution in [0.3, 0.4) is 0 Å². The molecule has 0 aliphatic rings. The summed E-state index contributed by atoms with van der Waals surface area (Å²) >= 11 is 6.09. The highest BCUT2D eigenvalue weighted by atomic mass is 35.5. The molecule has 2 aromatic rings. The van der Waals surface area contributed by atoms with Crippen molar-refractivity contribution in [3.63, 3.8) is 0 Å². The van der Waals surface area contributed by atoms with Gasteiger partial charge in [-0.1, -0.05) is 41.9 Å². The molecule has 2 rings (SSSR count). The zero-order chi connectivity index (χ0) is 15.9. The molecule has 0 bridgehead atoms. The molecule has 1 amide bonds. The van der Waals surface area contributed by atoms with Gasteiger partial charge < -0.3 is 15.2 Å². The van der Waals surface area contributed by atoms with Crippen LogP contribution in [-0.2, 0) is 0 Å². The first-order valence-corrected chi connectivity index (χ1v) is 6.94. The predicted molar refractivity (Wildman–Crippen MR) is 82.8 cm³/mol. The molecule has 0 aliphatic heterocycles. The highest BCUT2D eigenvalue weighted by molar-refractivity contribution is 6.32. The van der Waals surface area contributed by atoms with Gasteiger partial charge in [0.1, 0.15) is 12.4 Å². The number of ketones is 1. The van der Waals surface area contributed by atoms with Gasteiger partial charge in [-0.2, -0.15) is 0 Å². The van der Waals surface area contributed by atoms with Crippen LogP contribution in [0.1, 0.15) is 15.9 Å². The third kappa shape index (κ3) is 4.23. The number of carbonyl (C=O) groups is 2. The van der Waals surface area contributed by atoms with Crippen LogP contribution in [0.25, 0.3) is 0 Å². The lowest BCUT2D eigenvalue weighted by molar-refractivity contribution is 0.103. The van der Waals surface area contributed by atoms with Crippen LogP contribution in [-0.4, -0.2) is 30.1 Å². The lowest BCUT2D eigenvalue weighted by Crippen LogP contribution is -2.26. The number of nitrogens with one attached hydrogen (secondary N) is 1. The largest absolute Gasteiger partial charge is 0.490 e. The first kappa shape index (κ1) is 15.9. The minimum absolute atomic E-state index is 0.124.